The van der Waals surface area contributed by atoms with Crippen LogP contribution in [0.25, 0.3) is 0 Å². The first kappa shape index (κ1) is 14.3. The quantitative estimate of drug-likeness (QED) is 0.733. The summed E-state index contributed by atoms with van der Waals surface area (Å²) in [7, 11) is 0. The second-order valence-corrected chi connectivity index (χ2v) is 5.03. The molecule has 1 aliphatic heterocycles. The van der Waals surface area contributed by atoms with Crippen LogP contribution in [0.4, 0.5) is 0 Å². The minimum absolute atomic E-state index is 0.352. The smallest absolute Gasteiger partial charge is 0.119 e. The first-order valence-corrected chi connectivity index (χ1v) is 7.20. The molecule has 0 aromatic heterocycles. The molecule has 3 atom stereocenters. The van der Waals surface area contributed by atoms with Gasteiger partial charge in [0.05, 0.1) is 12.6 Å². The van der Waals surface area contributed by atoms with Gasteiger partial charge >= 0.3 is 0 Å². The number of rotatable bonds is 6. The van der Waals surface area contributed by atoms with Gasteiger partial charge in [0, 0.05) is 18.5 Å². The van der Waals surface area contributed by atoms with Gasteiger partial charge in [0.25, 0.3) is 0 Å². The summed E-state index contributed by atoms with van der Waals surface area (Å²) in [5.74, 6) is 1.49. The predicted octanol–water partition coefficient (Wildman–Crippen LogP) is 1.85. The van der Waals surface area contributed by atoms with Crippen molar-refractivity contribution in [1.82, 2.24) is 16.2 Å². The zero-order chi connectivity index (χ0) is 13.7. The zero-order valence-corrected chi connectivity index (χ0v) is 12.1. The second-order valence-electron chi connectivity index (χ2n) is 5.03. The molecule has 1 aromatic rings. The summed E-state index contributed by atoms with van der Waals surface area (Å²) in [6, 6.07) is 9.23. The molecular weight excluding hydrogens is 238 g/mol. The van der Waals surface area contributed by atoms with Crippen molar-refractivity contribution in [2.45, 2.75) is 32.9 Å². The van der Waals surface area contributed by atoms with Crippen LogP contribution in [0.2, 0.25) is 0 Å². The van der Waals surface area contributed by atoms with Gasteiger partial charge in [-0.1, -0.05) is 19.1 Å². The fourth-order valence-electron chi connectivity index (χ4n) is 2.60. The summed E-state index contributed by atoms with van der Waals surface area (Å²) in [4.78, 5) is 0. The summed E-state index contributed by atoms with van der Waals surface area (Å²) in [5, 5.41) is 3.45. The Morgan fingerprint density at radius 1 is 1.16 bits per heavy atom. The van der Waals surface area contributed by atoms with Crippen molar-refractivity contribution in [3.63, 3.8) is 0 Å². The highest BCUT2D eigenvalue weighted by molar-refractivity contribution is 5.30. The fourth-order valence-corrected chi connectivity index (χ4v) is 2.60. The molecule has 0 saturated carbocycles. The molecular formula is C15H25N3O. The molecule has 1 fully saturated rings. The van der Waals surface area contributed by atoms with Gasteiger partial charge in [-0.05, 0) is 38.1 Å². The minimum Gasteiger partial charge on any atom is -0.494 e. The highest BCUT2D eigenvalue weighted by Gasteiger charge is 2.33. The lowest BCUT2D eigenvalue weighted by atomic mass is 9.90. The average molecular weight is 263 g/mol. The molecule has 0 aliphatic carbocycles. The van der Waals surface area contributed by atoms with Crippen molar-refractivity contribution < 1.29 is 4.74 Å². The van der Waals surface area contributed by atoms with Crippen LogP contribution in [0.3, 0.4) is 0 Å². The van der Waals surface area contributed by atoms with Crippen molar-refractivity contribution in [3.05, 3.63) is 29.8 Å². The SMILES string of the molecule is CCNCC1C(C)NNC1c1ccc(OCC)cc1. The van der Waals surface area contributed by atoms with Gasteiger partial charge in [-0.2, -0.15) is 0 Å². The molecule has 0 radical (unpaired) electrons. The molecule has 4 nitrogen and oxygen atoms in total. The summed E-state index contributed by atoms with van der Waals surface area (Å²) in [5.41, 5.74) is 8.06. The largest absolute Gasteiger partial charge is 0.494 e. The van der Waals surface area contributed by atoms with E-state index in [1.807, 2.05) is 19.1 Å². The number of nitrogens with one attached hydrogen (secondary N) is 3. The molecule has 19 heavy (non-hydrogen) atoms. The fraction of sp³-hybridized carbons (Fsp3) is 0.600. The van der Waals surface area contributed by atoms with Gasteiger partial charge in [0.15, 0.2) is 0 Å². The molecule has 0 bridgehead atoms. The monoisotopic (exact) mass is 263 g/mol. The lowest BCUT2D eigenvalue weighted by molar-refractivity contribution is 0.339. The number of hydrazine groups is 1. The van der Waals surface area contributed by atoms with Crippen LogP contribution in [0.15, 0.2) is 24.3 Å². The summed E-state index contributed by atoms with van der Waals surface area (Å²) in [6.07, 6.45) is 0. The normalized spacial score (nSPS) is 26.6. The molecule has 0 spiro atoms. The molecule has 1 aliphatic rings. The molecule has 3 N–H and O–H groups in total. The van der Waals surface area contributed by atoms with E-state index >= 15 is 0 Å². The summed E-state index contributed by atoms with van der Waals surface area (Å²) in [6.45, 7) is 9.12. The van der Waals surface area contributed by atoms with Crippen LogP contribution in [0.1, 0.15) is 32.4 Å². The molecule has 1 heterocycles. The van der Waals surface area contributed by atoms with Crippen LogP contribution >= 0.6 is 0 Å². The Labute approximate surface area is 115 Å². The van der Waals surface area contributed by atoms with Crippen LogP contribution in [-0.4, -0.2) is 25.7 Å². The minimum atomic E-state index is 0.352. The Bertz CT molecular complexity index is 379. The van der Waals surface area contributed by atoms with Crippen LogP contribution in [0, 0.1) is 5.92 Å². The van der Waals surface area contributed by atoms with Gasteiger partial charge in [0.2, 0.25) is 0 Å². The summed E-state index contributed by atoms with van der Waals surface area (Å²) >= 11 is 0. The molecule has 2 rings (SSSR count). The van der Waals surface area contributed by atoms with E-state index in [0.29, 0.717) is 24.6 Å². The van der Waals surface area contributed by atoms with Crippen molar-refractivity contribution in [2.75, 3.05) is 19.7 Å². The van der Waals surface area contributed by atoms with Crippen molar-refractivity contribution in [3.8, 4) is 5.75 Å². The van der Waals surface area contributed by atoms with E-state index in [2.05, 4.69) is 42.1 Å². The number of hydrogen-bond acceptors (Lipinski definition) is 4. The topological polar surface area (TPSA) is 45.3 Å². The van der Waals surface area contributed by atoms with Crippen molar-refractivity contribution in [2.24, 2.45) is 5.92 Å². The summed E-state index contributed by atoms with van der Waals surface area (Å²) < 4.78 is 5.49. The third-order valence-corrected chi connectivity index (χ3v) is 3.72. The van der Waals surface area contributed by atoms with E-state index in [1.165, 1.54) is 5.56 Å². The standard InChI is InChI=1S/C15H25N3O/c1-4-16-10-14-11(3)17-18-15(14)12-6-8-13(9-7-12)19-5-2/h6-9,11,14-18H,4-5,10H2,1-3H3. The van der Waals surface area contributed by atoms with Crippen LogP contribution < -0.4 is 20.9 Å². The van der Waals surface area contributed by atoms with Crippen molar-refractivity contribution >= 4 is 0 Å². The Kier molecular flexibility index (Phi) is 5.19. The van der Waals surface area contributed by atoms with Gasteiger partial charge < -0.3 is 10.1 Å². The van der Waals surface area contributed by atoms with E-state index in [9.17, 15) is 0 Å². The maximum Gasteiger partial charge on any atom is 0.119 e. The first-order chi connectivity index (χ1) is 9.26. The predicted molar refractivity (Wildman–Crippen MR) is 78.1 cm³/mol. The zero-order valence-electron chi connectivity index (χ0n) is 12.1. The lowest BCUT2D eigenvalue weighted by Gasteiger charge is -2.21. The molecule has 0 amide bonds. The molecule has 1 aromatic carbocycles. The number of ether oxygens (including phenoxy) is 1. The Hall–Kier alpha value is -1.10. The van der Waals surface area contributed by atoms with E-state index < -0.39 is 0 Å². The van der Waals surface area contributed by atoms with E-state index in [0.717, 1.165) is 18.8 Å². The van der Waals surface area contributed by atoms with Gasteiger partial charge in [0.1, 0.15) is 5.75 Å². The third kappa shape index (κ3) is 3.47. The van der Waals surface area contributed by atoms with Crippen molar-refractivity contribution in [1.29, 1.82) is 0 Å². The maximum absolute atomic E-state index is 5.49. The van der Waals surface area contributed by atoms with Gasteiger partial charge in [-0.15, -0.1) is 0 Å². The Morgan fingerprint density at radius 3 is 2.53 bits per heavy atom. The Balaban J connectivity index is 2.06. The molecule has 4 heteroatoms. The van der Waals surface area contributed by atoms with E-state index in [-0.39, 0.29) is 0 Å². The number of hydrogen-bond donors (Lipinski definition) is 3. The first-order valence-electron chi connectivity index (χ1n) is 7.20. The van der Waals surface area contributed by atoms with E-state index in [1.54, 1.807) is 0 Å². The Morgan fingerprint density at radius 2 is 1.89 bits per heavy atom. The molecule has 1 saturated heterocycles. The highest BCUT2D eigenvalue weighted by Crippen LogP contribution is 2.29. The average Bonchev–Trinajstić information content (AvgIpc) is 2.79. The second kappa shape index (κ2) is 6.89. The van der Waals surface area contributed by atoms with Gasteiger partial charge in [-0.3, -0.25) is 5.43 Å². The maximum atomic E-state index is 5.49. The molecule has 106 valence electrons. The molecule has 3 unspecified atom stereocenters. The lowest BCUT2D eigenvalue weighted by Crippen LogP contribution is -2.32. The van der Waals surface area contributed by atoms with Crippen LogP contribution in [0.5, 0.6) is 5.75 Å². The number of benzene rings is 1. The van der Waals surface area contributed by atoms with Gasteiger partial charge in [-0.25, -0.2) is 5.43 Å². The highest BCUT2D eigenvalue weighted by atomic mass is 16.5. The van der Waals surface area contributed by atoms with Crippen LogP contribution in [-0.2, 0) is 0 Å². The third-order valence-electron chi connectivity index (χ3n) is 3.72. The van der Waals surface area contributed by atoms with E-state index in [4.69, 9.17) is 4.74 Å².